The number of amides is 1. The number of aryl methyl sites for hydroxylation is 2. The topological polar surface area (TPSA) is 100 Å². The van der Waals surface area contributed by atoms with Crippen LogP contribution in [0.5, 0.6) is 5.75 Å². The van der Waals surface area contributed by atoms with Crippen LogP contribution < -0.4 is 10.4 Å². The predicted molar refractivity (Wildman–Crippen MR) is 116 cm³/mol. The number of hydrogen-bond donors (Lipinski definition) is 2. The third-order valence-corrected chi connectivity index (χ3v) is 6.86. The van der Waals surface area contributed by atoms with E-state index in [0.29, 0.717) is 11.1 Å². The number of aliphatic hydroxyl groups excluding tert-OH is 2. The number of carbonyl (C=O) groups excluding carboxylic acids is 1. The van der Waals surface area contributed by atoms with Crippen molar-refractivity contribution in [3.63, 3.8) is 0 Å². The van der Waals surface area contributed by atoms with Crippen LogP contribution in [0.3, 0.4) is 0 Å². The lowest BCUT2D eigenvalue weighted by Crippen LogP contribution is -2.41. The maximum absolute atomic E-state index is 12.7. The minimum Gasteiger partial charge on any atom is -0.487 e. The van der Waals surface area contributed by atoms with E-state index >= 15 is 0 Å². The molecule has 2 N–H and O–H groups in total. The molecule has 0 bridgehead atoms. The smallest absolute Gasteiger partial charge is 0.340 e. The summed E-state index contributed by atoms with van der Waals surface area (Å²) in [6, 6.07) is 3.87. The summed E-state index contributed by atoms with van der Waals surface area (Å²) < 4.78 is 12.1. The third kappa shape index (κ3) is 4.34. The van der Waals surface area contributed by atoms with Gasteiger partial charge in [-0.3, -0.25) is 4.79 Å². The summed E-state index contributed by atoms with van der Waals surface area (Å²) in [5, 5.41) is 19.4. The van der Waals surface area contributed by atoms with Gasteiger partial charge in [0.1, 0.15) is 16.9 Å². The van der Waals surface area contributed by atoms with Gasteiger partial charge in [-0.15, -0.1) is 0 Å². The average molecular weight is 430 g/mol. The third-order valence-electron chi connectivity index (χ3n) is 6.86. The van der Waals surface area contributed by atoms with Crippen molar-refractivity contribution >= 4 is 16.9 Å². The first-order chi connectivity index (χ1) is 14.8. The van der Waals surface area contributed by atoms with Crippen molar-refractivity contribution in [2.24, 2.45) is 0 Å². The van der Waals surface area contributed by atoms with Crippen LogP contribution in [0.25, 0.3) is 11.0 Å². The van der Waals surface area contributed by atoms with Crippen LogP contribution in [0.4, 0.5) is 0 Å². The first-order valence-electron chi connectivity index (χ1n) is 11.1. The largest absolute Gasteiger partial charge is 0.487 e. The lowest BCUT2D eigenvalue weighted by molar-refractivity contribution is -0.130. The Hall–Kier alpha value is -2.38. The molecule has 1 aliphatic carbocycles. The van der Waals surface area contributed by atoms with Crippen LogP contribution in [-0.2, 0) is 17.6 Å². The summed E-state index contributed by atoms with van der Waals surface area (Å²) in [5.74, 6) is 0.493. The van der Waals surface area contributed by atoms with Gasteiger partial charge in [0.05, 0.1) is 24.7 Å². The molecule has 1 aromatic carbocycles. The van der Waals surface area contributed by atoms with Crippen molar-refractivity contribution in [3.8, 4) is 5.75 Å². The molecule has 1 unspecified atom stereocenters. The molecule has 1 saturated carbocycles. The molecule has 7 heteroatoms. The maximum Gasteiger partial charge on any atom is 0.340 e. The minimum atomic E-state index is -1.01. The summed E-state index contributed by atoms with van der Waals surface area (Å²) in [4.78, 5) is 26.5. The summed E-state index contributed by atoms with van der Waals surface area (Å²) in [7, 11) is 1.54. The maximum atomic E-state index is 12.7. The number of hydrogen-bond acceptors (Lipinski definition) is 6. The second-order valence-corrected chi connectivity index (χ2v) is 9.08. The second kappa shape index (κ2) is 8.63. The lowest BCUT2D eigenvalue weighted by Gasteiger charge is -2.41. The quantitative estimate of drug-likeness (QED) is 0.709. The molecule has 2 heterocycles. The van der Waals surface area contributed by atoms with Gasteiger partial charge in [0.2, 0.25) is 5.91 Å². The van der Waals surface area contributed by atoms with Crippen LogP contribution >= 0.6 is 0 Å². The van der Waals surface area contributed by atoms with Gasteiger partial charge < -0.3 is 24.3 Å². The van der Waals surface area contributed by atoms with E-state index in [1.54, 1.807) is 0 Å². The van der Waals surface area contributed by atoms with E-state index in [4.69, 9.17) is 14.3 Å². The first-order valence-corrected chi connectivity index (χ1v) is 11.1. The van der Waals surface area contributed by atoms with Gasteiger partial charge in [0.15, 0.2) is 0 Å². The number of fused-ring (bicyclic) bond motifs is 2. The lowest BCUT2D eigenvalue weighted by atomic mass is 9.79. The highest BCUT2D eigenvalue weighted by Crippen LogP contribution is 2.43. The van der Waals surface area contributed by atoms with Crippen molar-refractivity contribution in [3.05, 3.63) is 39.2 Å². The number of likely N-dealkylation sites (N-methyl/N-ethyl adjacent to an activating group) is 1. The molecule has 0 radical (unpaired) electrons. The van der Waals surface area contributed by atoms with E-state index in [9.17, 15) is 14.7 Å². The Bertz CT molecular complexity index is 1040. The molecule has 0 saturated heterocycles. The van der Waals surface area contributed by atoms with Gasteiger partial charge >= 0.3 is 5.63 Å². The zero-order valence-electron chi connectivity index (χ0n) is 18.3. The Morgan fingerprint density at radius 3 is 2.68 bits per heavy atom. The SMILES string of the molecule is Cc1c(CC(=O)N(C)CC(O)CO)c(=O)oc2cc3c(cc12)CCC1(CCCCC1)O3. The number of rotatable bonds is 5. The minimum absolute atomic E-state index is 0.000107. The zero-order chi connectivity index (χ0) is 22.2. The highest BCUT2D eigenvalue weighted by molar-refractivity contribution is 5.86. The van der Waals surface area contributed by atoms with Crippen LogP contribution in [0.2, 0.25) is 0 Å². The van der Waals surface area contributed by atoms with Crippen LogP contribution in [0.15, 0.2) is 21.3 Å². The number of aliphatic hydroxyl groups is 2. The Morgan fingerprint density at radius 2 is 1.97 bits per heavy atom. The van der Waals surface area contributed by atoms with Crippen molar-refractivity contribution in [1.29, 1.82) is 0 Å². The molecule has 1 amide bonds. The Morgan fingerprint density at radius 1 is 1.23 bits per heavy atom. The average Bonchev–Trinajstić information content (AvgIpc) is 2.75. The van der Waals surface area contributed by atoms with Crippen LogP contribution in [0, 0.1) is 6.92 Å². The molecule has 1 atom stereocenters. The van der Waals surface area contributed by atoms with Crippen molar-refractivity contribution < 1.29 is 24.2 Å². The molecule has 4 rings (SSSR count). The van der Waals surface area contributed by atoms with E-state index in [1.165, 1.54) is 31.2 Å². The van der Waals surface area contributed by atoms with Gasteiger partial charge in [-0.25, -0.2) is 4.79 Å². The van der Waals surface area contributed by atoms with E-state index < -0.39 is 18.3 Å². The van der Waals surface area contributed by atoms with Crippen LogP contribution in [0.1, 0.15) is 55.2 Å². The predicted octanol–water partition coefficient (Wildman–Crippen LogP) is 2.48. The molecular formula is C24H31NO6. The van der Waals surface area contributed by atoms with Gasteiger partial charge in [-0.05, 0) is 62.6 Å². The van der Waals surface area contributed by atoms with Crippen LogP contribution in [-0.4, -0.2) is 52.9 Å². The molecule has 168 valence electrons. The van der Waals surface area contributed by atoms with Crippen molar-refractivity contribution in [2.75, 3.05) is 20.2 Å². The van der Waals surface area contributed by atoms with Gasteiger partial charge in [0.25, 0.3) is 0 Å². The standard InChI is InChI=1S/C24H31NO6/c1-15-18-10-16-6-9-24(7-4-3-5-8-24)31-20(16)12-21(18)30-23(29)19(15)11-22(28)25(2)13-17(27)14-26/h10,12,17,26-27H,3-9,11,13-14H2,1-2H3. The van der Waals surface area contributed by atoms with E-state index in [2.05, 4.69) is 0 Å². The summed E-state index contributed by atoms with van der Waals surface area (Å²) in [6.45, 7) is 1.41. The fourth-order valence-electron chi connectivity index (χ4n) is 4.91. The Kier molecular flexibility index (Phi) is 6.08. The highest BCUT2D eigenvalue weighted by Gasteiger charge is 2.37. The number of nitrogens with zero attached hydrogens (tertiary/aromatic N) is 1. The fourth-order valence-corrected chi connectivity index (χ4v) is 4.91. The summed E-state index contributed by atoms with van der Waals surface area (Å²) >= 11 is 0. The zero-order valence-corrected chi connectivity index (χ0v) is 18.3. The molecule has 31 heavy (non-hydrogen) atoms. The molecule has 2 aliphatic rings. The van der Waals surface area contributed by atoms with Gasteiger partial charge in [-0.1, -0.05) is 6.42 Å². The molecule has 1 aromatic heterocycles. The Balaban J connectivity index is 1.63. The molecule has 1 spiro atoms. The first kappa shape index (κ1) is 21.8. The molecule has 1 fully saturated rings. The molecule has 1 aliphatic heterocycles. The molecule has 2 aromatic rings. The highest BCUT2D eigenvalue weighted by atomic mass is 16.5. The monoisotopic (exact) mass is 429 g/mol. The number of benzene rings is 1. The summed E-state index contributed by atoms with van der Waals surface area (Å²) in [6.07, 6.45) is 6.61. The summed E-state index contributed by atoms with van der Waals surface area (Å²) in [5.41, 5.74) is 2.04. The molecular weight excluding hydrogens is 398 g/mol. The van der Waals surface area contributed by atoms with Crippen molar-refractivity contribution in [1.82, 2.24) is 4.90 Å². The normalized spacial score (nSPS) is 18.5. The van der Waals surface area contributed by atoms with Crippen molar-refractivity contribution in [2.45, 2.75) is 70.0 Å². The number of ether oxygens (including phenoxy) is 1. The second-order valence-electron chi connectivity index (χ2n) is 9.08. The molecule has 7 nitrogen and oxygen atoms in total. The fraction of sp³-hybridized carbons (Fsp3) is 0.583. The number of carbonyl (C=O) groups is 1. The van der Waals surface area contributed by atoms with E-state index in [0.717, 1.165) is 47.9 Å². The van der Waals surface area contributed by atoms with E-state index in [-0.39, 0.29) is 24.5 Å². The van der Waals surface area contributed by atoms with Gasteiger partial charge in [0, 0.05) is 25.0 Å². The van der Waals surface area contributed by atoms with Gasteiger partial charge in [-0.2, -0.15) is 0 Å². The Labute approximate surface area is 181 Å². The van der Waals surface area contributed by atoms with E-state index in [1.807, 2.05) is 19.1 Å².